The van der Waals surface area contributed by atoms with Crippen molar-refractivity contribution in [3.63, 3.8) is 0 Å². The maximum Gasteiger partial charge on any atom is 0.478 e. The summed E-state index contributed by atoms with van der Waals surface area (Å²) in [6, 6.07) is 1.44. The van der Waals surface area contributed by atoms with Crippen LogP contribution in [-0.2, 0) is 44.2 Å². The van der Waals surface area contributed by atoms with Crippen LogP contribution in [0.1, 0.15) is 30.8 Å². The zero-order valence-corrected chi connectivity index (χ0v) is 17.5. The van der Waals surface area contributed by atoms with Gasteiger partial charge in [-0.2, -0.15) is 5.10 Å². The van der Waals surface area contributed by atoms with Crippen LogP contribution in [0, 0.1) is 5.41 Å². The zero-order valence-electron chi connectivity index (χ0n) is 16.6. The van der Waals surface area contributed by atoms with Crippen molar-refractivity contribution >= 4 is 25.7 Å². The molecule has 0 bridgehead atoms. The molecule has 1 aromatic rings. The van der Waals surface area contributed by atoms with Gasteiger partial charge in [-0.15, -0.1) is 0 Å². The van der Waals surface area contributed by atoms with E-state index in [2.05, 4.69) is 15.2 Å². The number of nitrogens with zero attached hydrogens (tertiary/aromatic N) is 2. The SMILES string of the molecule is COC(=O)CCNC(=O)[C@@H]1O[P@](=O)(OCOC(=O)c2ccnn2C)OCC1(C)C. The van der Waals surface area contributed by atoms with Crippen LogP contribution in [0.15, 0.2) is 12.3 Å². The summed E-state index contributed by atoms with van der Waals surface area (Å²) < 4.78 is 38.8. The summed E-state index contributed by atoms with van der Waals surface area (Å²) in [6.45, 7) is 2.58. The van der Waals surface area contributed by atoms with E-state index in [0.717, 1.165) is 0 Å². The Labute approximate surface area is 167 Å². The first kappa shape index (κ1) is 23.0. The van der Waals surface area contributed by atoms with Gasteiger partial charge in [0.2, 0.25) is 12.7 Å². The Morgan fingerprint density at radius 2 is 2.14 bits per heavy atom. The lowest BCUT2D eigenvalue weighted by atomic mass is 9.87. The molecule has 1 fully saturated rings. The average Bonchev–Trinajstić information content (AvgIpc) is 3.09. The summed E-state index contributed by atoms with van der Waals surface area (Å²) in [5, 5.41) is 6.35. The van der Waals surface area contributed by atoms with Gasteiger partial charge in [0.1, 0.15) is 5.69 Å². The van der Waals surface area contributed by atoms with E-state index in [1.807, 2.05) is 0 Å². The van der Waals surface area contributed by atoms with E-state index < -0.39 is 44.0 Å². The van der Waals surface area contributed by atoms with Gasteiger partial charge in [-0.25, -0.2) is 13.9 Å². The molecule has 0 saturated carbocycles. The van der Waals surface area contributed by atoms with Crippen LogP contribution in [0.3, 0.4) is 0 Å². The summed E-state index contributed by atoms with van der Waals surface area (Å²) in [5.74, 6) is -1.81. The number of aryl methyl sites for hydroxylation is 1. The molecule has 2 atom stereocenters. The standard InChI is InChI=1S/C16H24N3O9P/c1-16(2)9-26-29(23,27-10-25-15(22)11-5-8-18-19(11)3)28-13(16)14(21)17-7-6-12(20)24-4/h5,8,13H,6-7,9-10H2,1-4H3,(H,17,21)/t13-,29-/m0/s1. The predicted molar refractivity (Wildman–Crippen MR) is 96.4 cm³/mol. The van der Waals surface area contributed by atoms with Crippen molar-refractivity contribution in [1.29, 1.82) is 0 Å². The normalized spacial score (nSPS) is 23.2. The van der Waals surface area contributed by atoms with E-state index in [0.29, 0.717) is 0 Å². The molecule has 12 nitrogen and oxygen atoms in total. The summed E-state index contributed by atoms with van der Waals surface area (Å²) in [4.78, 5) is 35.5. The van der Waals surface area contributed by atoms with Gasteiger partial charge in [-0.1, -0.05) is 13.8 Å². The second-order valence-electron chi connectivity index (χ2n) is 6.83. The number of phosphoric acid groups is 1. The molecule has 0 aromatic carbocycles. The van der Waals surface area contributed by atoms with Crippen molar-refractivity contribution in [2.75, 3.05) is 27.1 Å². The molecule has 0 unspecified atom stereocenters. The molecule has 2 heterocycles. The summed E-state index contributed by atoms with van der Waals surface area (Å²) in [5.41, 5.74) is -0.654. The molecule has 29 heavy (non-hydrogen) atoms. The van der Waals surface area contributed by atoms with Crippen LogP contribution >= 0.6 is 7.82 Å². The number of rotatable bonds is 8. The number of hydrogen-bond acceptors (Lipinski definition) is 10. The summed E-state index contributed by atoms with van der Waals surface area (Å²) >= 11 is 0. The number of nitrogens with one attached hydrogen (secondary N) is 1. The highest BCUT2D eigenvalue weighted by molar-refractivity contribution is 7.48. The van der Waals surface area contributed by atoms with Crippen LogP contribution in [0.2, 0.25) is 0 Å². The van der Waals surface area contributed by atoms with Crippen molar-refractivity contribution in [1.82, 2.24) is 15.1 Å². The number of methoxy groups -OCH3 is 1. The van der Waals surface area contributed by atoms with E-state index >= 15 is 0 Å². The highest BCUT2D eigenvalue weighted by Gasteiger charge is 2.49. The monoisotopic (exact) mass is 433 g/mol. The molecule has 1 aliphatic rings. The smallest absolute Gasteiger partial charge is 0.469 e. The molecule has 2 rings (SSSR count). The minimum atomic E-state index is -4.16. The van der Waals surface area contributed by atoms with E-state index in [-0.39, 0.29) is 25.3 Å². The molecule has 1 aliphatic heterocycles. The number of amides is 1. The summed E-state index contributed by atoms with van der Waals surface area (Å²) in [7, 11) is -1.36. The fourth-order valence-corrected chi connectivity index (χ4v) is 3.88. The van der Waals surface area contributed by atoms with Gasteiger partial charge in [-0.05, 0) is 6.07 Å². The predicted octanol–water partition coefficient (Wildman–Crippen LogP) is 0.780. The van der Waals surface area contributed by atoms with E-state index in [1.165, 1.54) is 24.1 Å². The Hall–Kier alpha value is -2.27. The number of carbonyl (C=O) groups excluding carboxylic acids is 3. The number of phosphoric ester groups is 1. The van der Waals surface area contributed by atoms with Crippen LogP contribution in [0.25, 0.3) is 0 Å². The Balaban J connectivity index is 1.91. The molecular formula is C16H24N3O9P. The number of ether oxygens (including phenoxy) is 2. The number of aromatic nitrogens is 2. The van der Waals surface area contributed by atoms with Crippen LogP contribution < -0.4 is 5.32 Å². The van der Waals surface area contributed by atoms with Crippen molar-refractivity contribution in [3.8, 4) is 0 Å². The molecule has 1 N–H and O–H groups in total. The lowest BCUT2D eigenvalue weighted by Gasteiger charge is -2.39. The van der Waals surface area contributed by atoms with Crippen LogP contribution in [0.5, 0.6) is 0 Å². The van der Waals surface area contributed by atoms with E-state index in [4.69, 9.17) is 18.3 Å². The third-order valence-corrected chi connectivity index (χ3v) is 5.40. The number of esters is 2. The van der Waals surface area contributed by atoms with E-state index in [1.54, 1.807) is 20.9 Å². The van der Waals surface area contributed by atoms with Gasteiger partial charge in [0.05, 0.1) is 20.1 Å². The second kappa shape index (κ2) is 9.49. The molecule has 1 aromatic heterocycles. The molecule has 0 radical (unpaired) electrons. The van der Waals surface area contributed by atoms with Crippen molar-refractivity contribution in [2.45, 2.75) is 26.4 Å². The minimum Gasteiger partial charge on any atom is -0.469 e. The Morgan fingerprint density at radius 1 is 1.41 bits per heavy atom. The third-order valence-electron chi connectivity index (χ3n) is 4.06. The topological polar surface area (TPSA) is 144 Å². The minimum absolute atomic E-state index is 0.0236. The van der Waals surface area contributed by atoms with Gasteiger partial charge in [0.25, 0.3) is 0 Å². The number of carbonyl (C=O) groups is 3. The lowest BCUT2D eigenvalue weighted by Crippen LogP contribution is -2.50. The molecule has 1 saturated heterocycles. The highest BCUT2D eigenvalue weighted by Crippen LogP contribution is 2.57. The summed E-state index contributed by atoms with van der Waals surface area (Å²) in [6.07, 6.45) is 0.218. The fraction of sp³-hybridized carbons (Fsp3) is 0.625. The van der Waals surface area contributed by atoms with Crippen molar-refractivity contribution in [3.05, 3.63) is 18.0 Å². The molecule has 0 spiro atoms. The lowest BCUT2D eigenvalue weighted by molar-refractivity contribution is -0.144. The second-order valence-corrected chi connectivity index (χ2v) is 8.45. The largest absolute Gasteiger partial charge is 0.478 e. The van der Waals surface area contributed by atoms with Gasteiger partial charge in [0.15, 0.2) is 6.10 Å². The molecule has 1 amide bonds. The Bertz CT molecular complexity index is 807. The first-order chi connectivity index (χ1) is 13.6. The number of hydrogen-bond donors (Lipinski definition) is 1. The molecular weight excluding hydrogens is 409 g/mol. The first-order valence-electron chi connectivity index (χ1n) is 8.65. The quantitative estimate of drug-likeness (QED) is 0.355. The highest BCUT2D eigenvalue weighted by atomic mass is 31.2. The fourth-order valence-electron chi connectivity index (χ4n) is 2.37. The van der Waals surface area contributed by atoms with Gasteiger partial charge in [-0.3, -0.25) is 23.3 Å². The average molecular weight is 433 g/mol. The maximum absolute atomic E-state index is 12.7. The first-order valence-corrected chi connectivity index (χ1v) is 10.1. The van der Waals surface area contributed by atoms with Crippen LogP contribution in [-0.4, -0.2) is 60.8 Å². The third kappa shape index (κ3) is 6.10. The Kier molecular flexibility index (Phi) is 7.53. The van der Waals surface area contributed by atoms with Crippen LogP contribution in [0.4, 0.5) is 0 Å². The van der Waals surface area contributed by atoms with E-state index in [9.17, 15) is 18.9 Å². The zero-order chi connectivity index (χ0) is 21.7. The molecule has 162 valence electrons. The van der Waals surface area contributed by atoms with Gasteiger partial charge < -0.3 is 14.8 Å². The maximum atomic E-state index is 12.7. The molecule has 0 aliphatic carbocycles. The van der Waals surface area contributed by atoms with Gasteiger partial charge >= 0.3 is 19.8 Å². The van der Waals surface area contributed by atoms with Crippen molar-refractivity contribution in [2.24, 2.45) is 12.5 Å². The van der Waals surface area contributed by atoms with Crippen molar-refractivity contribution < 1.29 is 42.0 Å². The Morgan fingerprint density at radius 3 is 2.76 bits per heavy atom. The molecule has 13 heteroatoms. The van der Waals surface area contributed by atoms with Gasteiger partial charge in [0, 0.05) is 25.2 Å².